The first-order valence-electron chi connectivity index (χ1n) is 10.7. The molecule has 1 aromatic heterocycles. The van der Waals surface area contributed by atoms with Crippen molar-refractivity contribution in [2.75, 3.05) is 48.3 Å². The van der Waals surface area contributed by atoms with Gasteiger partial charge >= 0.3 is 0 Å². The molecule has 7 nitrogen and oxygen atoms in total. The summed E-state index contributed by atoms with van der Waals surface area (Å²) in [5, 5.41) is 0. The number of nitrogens with zero attached hydrogens (tertiary/aromatic N) is 4. The smallest absolute Gasteiger partial charge is 0.233 e. The van der Waals surface area contributed by atoms with Gasteiger partial charge in [-0.3, -0.25) is 4.31 Å². The van der Waals surface area contributed by atoms with Crippen molar-refractivity contribution in [3.05, 3.63) is 72.2 Å². The molecule has 0 saturated carbocycles. The van der Waals surface area contributed by atoms with Gasteiger partial charge in [-0.05, 0) is 35.9 Å². The number of hydrogen-bond acceptors (Lipinski definition) is 6. The molecular weight excluding hydrogens is 436 g/mol. The Labute approximate surface area is 195 Å². The highest BCUT2D eigenvalue weighted by Crippen LogP contribution is 2.24. The minimum absolute atomic E-state index is 0.0137. The lowest BCUT2D eigenvalue weighted by molar-refractivity contribution is 0.122. The average Bonchev–Trinajstić information content (AvgIpc) is 2.83. The number of terminal acetylenes is 1. The zero-order chi connectivity index (χ0) is 23.3. The molecule has 4 rings (SSSR count). The monoisotopic (exact) mass is 462 g/mol. The number of rotatable bonds is 7. The Bertz CT molecular complexity index is 1230. The van der Waals surface area contributed by atoms with Gasteiger partial charge in [0.1, 0.15) is 5.82 Å². The lowest BCUT2D eigenvalue weighted by Crippen LogP contribution is -2.36. The van der Waals surface area contributed by atoms with E-state index in [1.165, 1.54) is 9.99 Å². The van der Waals surface area contributed by atoms with Crippen LogP contribution in [0.5, 0.6) is 0 Å². The average molecular weight is 463 g/mol. The van der Waals surface area contributed by atoms with Crippen LogP contribution in [0.3, 0.4) is 0 Å². The van der Waals surface area contributed by atoms with Gasteiger partial charge in [0, 0.05) is 37.0 Å². The van der Waals surface area contributed by atoms with Crippen LogP contribution in [0, 0.1) is 12.3 Å². The highest BCUT2D eigenvalue weighted by atomic mass is 32.2. The Hall–Kier alpha value is -3.41. The van der Waals surface area contributed by atoms with E-state index < -0.39 is 10.0 Å². The van der Waals surface area contributed by atoms with E-state index in [2.05, 4.69) is 40.1 Å². The van der Waals surface area contributed by atoms with Crippen molar-refractivity contribution in [2.24, 2.45) is 0 Å². The predicted octanol–water partition coefficient (Wildman–Crippen LogP) is 2.97. The van der Waals surface area contributed by atoms with Crippen molar-refractivity contribution in [2.45, 2.75) is 6.42 Å². The van der Waals surface area contributed by atoms with Crippen molar-refractivity contribution < 1.29 is 13.2 Å². The van der Waals surface area contributed by atoms with Crippen molar-refractivity contribution in [3.63, 3.8) is 0 Å². The molecule has 2 heterocycles. The molecule has 33 heavy (non-hydrogen) atoms. The Morgan fingerprint density at radius 3 is 2.39 bits per heavy atom. The van der Waals surface area contributed by atoms with Crippen molar-refractivity contribution in [1.82, 2.24) is 9.97 Å². The Morgan fingerprint density at radius 1 is 1.06 bits per heavy atom. The summed E-state index contributed by atoms with van der Waals surface area (Å²) < 4.78 is 30.6. The fraction of sp³-hybridized carbons (Fsp3) is 0.280. The molecule has 0 amide bonds. The third-order valence-corrected chi connectivity index (χ3v) is 6.61. The molecule has 1 fully saturated rings. The van der Waals surface area contributed by atoms with Crippen LogP contribution in [0.4, 0.5) is 11.4 Å². The number of sulfonamides is 1. The Balaban J connectivity index is 1.48. The summed E-state index contributed by atoms with van der Waals surface area (Å²) in [7, 11) is -3.45. The second-order valence-electron chi connectivity index (χ2n) is 7.82. The molecule has 0 aliphatic carbocycles. The van der Waals surface area contributed by atoms with E-state index in [1.807, 2.05) is 18.2 Å². The normalized spacial score (nSPS) is 14.0. The maximum Gasteiger partial charge on any atom is 0.233 e. The van der Waals surface area contributed by atoms with Gasteiger partial charge in [-0.1, -0.05) is 30.2 Å². The van der Waals surface area contributed by atoms with Gasteiger partial charge in [0.25, 0.3) is 0 Å². The SMILES string of the molecule is C#CCN(c1ccc(-c2ccnc(Cc3ccc(N4CCOCC4)cc3)n2)cc1)S(C)(=O)=O. The molecule has 1 aliphatic heterocycles. The summed E-state index contributed by atoms with van der Waals surface area (Å²) in [5.41, 5.74) is 4.51. The van der Waals surface area contributed by atoms with Gasteiger partial charge in [-0.2, -0.15) is 0 Å². The van der Waals surface area contributed by atoms with Gasteiger partial charge in [-0.15, -0.1) is 6.42 Å². The van der Waals surface area contributed by atoms with Gasteiger partial charge in [0.05, 0.1) is 37.4 Å². The molecule has 170 valence electrons. The summed E-state index contributed by atoms with van der Waals surface area (Å²) in [4.78, 5) is 11.5. The van der Waals surface area contributed by atoms with E-state index in [0.717, 1.165) is 55.2 Å². The first kappa shape index (κ1) is 22.8. The Morgan fingerprint density at radius 2 is 1.76 bits per heavy atom. The quantitative estimate of drug-likeness (QED) is 0.503. The minimum atomic E-state index is -3.45. The first-order valence-corrected chi connectivity index (χ1v) is 12.5. The van der Waals surface area contributed by atoms with Gasteiger partial charge in [-0.25, -0.2) is 18.4 Å². The number of aromatic nitrogens is 2. The topological polar surface area (TPSA) is 75.6 Å². The molecular formula is C25H26N4O3S. The standard InChI is InChI=1S/C25H26N4O3S/c1-3-14-29(33(2,30)31)23-10-6-21(7-11-23)24-12-13-26-25(27-24)19-20-4-8-22(9-5-20)28-15-17-32-18-16-28/h1,4-13H,14-19H2,2H3. The van der Waals surface area contributed by atoms with Crippen LogP contribution >= 0.6 is 0 Å². The minimum Gasteiger partial charge on any atom is -0.378 e. The highest BCUT2D eigenvalue weighted by Gasteiger charge is 2.16. The van der Waals surface area contributed by atoms with Crippen LogP contribution in [0.25, 0.3) is 11.3 Å². The highest BCUT2D eigenvalue weighted by molar-refractivity contribution is 7.92. The lowest BCUT2D eigenvalue weighted by Gasteiger charge is -2.28. The molecule has 2 aromatic carbocycles. The number of benzene rings is 2. The maximum absolute atomic E-state index is 12.0. The van der Waals surface area contributed by atoms with Crippen molar-refractivity contribution >= 4 is 21.4 Å². The fourth-order valence-electron chi connectivity index (χ4n) is 3.76. The molecule has 0 unspecified atom stereocenters. The number of hydrogen-bond donors (Lipinski definition) is 0. The number of ether oxygens (including phenoxy) is 1. The van der Waals surface area contributed by atoms with Gasteiger partial charge < -0.3 is 9.64 Å². The van der Waals surface area contributed by atoms with Crippen LogP contribution in [0.15, 0.2) is 60.8 Å². The lowest BCUT2D eigenvalue weighted by atomic mass is 10.1. The molecule has 1 saturated heterocycles. The molecule has 8 heteroatoms. The zero-order valence-corrected chi connectivity index (χ0v) is 19.3. The number of anilines is 2. The summed E-state index contributed by atoms with van der Waals surface area (Å²) >= 11 is 0. The summed E-state index contributed by atoms with van der Waals surface area (Å²) in [5.74, 6) is 3.11. The fourth-order valence-corrected chi connectivity index (χ4v) is 4.57. The van der Waals surface area contributed by atoms with Gasteiger partial charge in [0.2, 0.25) is 10.0 Å². The first-order chi connectivity index (χ1) is 15.9. The van der Waals surface area contributed by atoms with E-state index in [4.69, 9.17) is 16.1 Å². The summed E-state index contributed by atoms with van der Waals surface area (Å²) in [6.45, 7) is 3.33. The maximum atomic E-state index is 12.0. The largest absolute Gasteiger partial charge is 0.378 e. The summed E-state index contributed by atoms with van der Waals surface area (Å²) in [6.07, 6.45) is 8.84. The molecule has 3 aromatic rings. The molecule has 0 atom stereocenters. The zero-order valence-electron chi connectivity index (χ0n) is 18.5. The van der Waals surface area contributed by atoms with E-state index >= 15 is 0 Å². The van der Waals surface area contributed by atoms with Crippen LogP contribution < -0.4 is 9.21 Å². The Kier molecular flexibility index (Phi) is 6.92. The third-order valence-electron chi connectivity index (χ3n) is 5.47. The second kappa shape index (κ2) is 10.0. The van der Waals surface area contributed by atoms with E-state index in [0.29, 0.717) is 12.1 Å². The summed E-state index contributed by atoms with van der Waals surface area (Å²) in [6, 6.07) is 17.5. The molecule has 0 bridgehead atoms. The van der Waals surface area contributed by atoms with Crippen LogP contribution in [-0.2, 0) is 21.2 Å². The third kappa shape index (κ3) is 5.69. The van der Waals surface area contributed by atoms with Crippen LogP contribution in [0.2, 0.25) is 0 Å². The second-order valence-corrected chi connectivity index (χ2v) is 9.73. The molecule has 1 aliphatic rings. The number of morpholine rings is 1. The van der Waals surface area contributed by atoms with Crippen LogP contribution in [0.1, 0.15) is 11.4 Å². The predicted molar refractivity (Wildman–Crippen MR) is 131 cm³/mol. The van der Waals surface area contributed by atoms with Crippen LogP contribution in [-0.4, -0.2) is 57.5 Å². The molecule has 0 N–H and O–H groups in total. The van der Waals surface area contributed by atoms with Crippen molar-refractivity contribution in [3.8, 4) is 23.6 Å². The van der Waals surface area contributed by atoms with E-state index in [1.54, 1.807) is 18.3 Å². The molecule has 0 radical (unpaired) electrons. The molecule has 0 spiro atoms. The van der Waals surface area contributed by atoms with Crippen molar-refractivity contribution in [1.29, 1.82) is 0 Å². The van der Waals surface area contributed by atoms with E-state index in [9.17, 15) is 8.42 Å². The van der Waals surface area contributed by atoms with Gasteiger partial charge in [0.15, 0.2) is 0 Å². The van der Waals surface area contributed by atoms with E-state index in [-0.39, 0.29) is 6.54 Å².